The van der Waals surface area contributed by atoms with Crippen LogP contribution in [0.1, 0.15) is 24.1 Å². The van der Waals surface area contributed by atoms with Gasteiger partial charge in [0.15, 0.2) is 11.5 Å². The molecule has 2 aromatic carbocycles. The maximum atomic E-state index is 9.82. The van der Waals surface area contributed by atoms with E-state index in [-0.39, 0.29) is 11.8 Å². The third kappa shape index (κ3) is 3.99. The van der Waals surface area contributed by atoms with Gasteiger partial charge in [0.1, 0.15) is 0 Å². The van der Waals surface area contributed by atoms with Gasteiger partial charge >= 0.3 is 0 Å². The van der Waals surface area contributed by atoms with E-state index in [1.807, 2.05) is 30.3 Å². The van der Waals surface area contributed by atoms with E-state index in [9.17, 15) is 5.11 Å². The minimum Gasteiger partial charge on any atom is -0.503 e. The molecule has 0 radical (unpaired) electrons. The zero-order valence-corrected chi connectivity index (χ0v) is 15.0. The van der Waals surface area contributed by atoms with Crippen molar-refractivity contribution in [2.45, 2.75) is 19.5 Å². The van der Waals surface area contributed by atoms with Gasteiger partial charge in [-0.3, -0.25) is 0 Å². The lowest BCUT2D eigenvalue weighted by Gasteiger charge is -2.16. The van der Waals surface area contributed by atoms with E-state index in [0.29, 0.717) is 16.8 Å². The summed E-state index contributed by atoms with van der Waals surface area (Å²) in [5.41, 5.74) is 2.25. The number of phenolic OH excluding ortho intramolecular Hbond substituents is 1. The molecule has 0 amide bonds. The van der Waals surface area contributed by atoms with Crippen molar-refractivity contribution in [2.24, 2.45) is 0 Å². The number of benzene rings is 2. The minimum absolute atomic E-state index is 0.125. The molecule has 0 unspecified atom stereocenters. The average Bonchev–Trinajstić information content (AvgIpc) is 2.48. The van der Waals surface area contributed by atoms with Crippen LogP contribution in [0.5, 0.6) is 11.5 Å². The average molecular weight is 415 g/mol. The molecule has 0 aliphatic rings. The molecule has 0 bridgehead atoms. The first-order valence-corrected chi connectivity index (χ1v) is 8.14. The maximum Gasteiger partial charge on any atom is 0.172 e. The van der Waals surface area contributed by atoms with Crippen LogP contribution in [-0.4, -0.2) is 12.2 Å². The largest absolute Gasteiger partial charge is 0.503 e. The van der Waals surface area contributed by atoms with E-state index >= 15 is 0 Å². The van der Waals surface area contributed by atoms with Crippen molar-refractivity contribution in [2.75, 3.05) is 7.11 Å². The van der Waals surface area contributed by atoms with E-state index in [1.54, 1.807) is 7.11 Å². The van der Waals surface area contributed by atoms with Gasteiger partial charge in [-0.15, -0.1) is 0 Å². The summed E-state index contributed by atoms with van der Waals surface area (Å²) in [4.78, 5) is 0. The van der Waals surface area contributed by atoms with Gasteiger partial charge in [0.05, 0.1) is 11.6 Å². The standard InChI is InChI=1S/C16H17Br2NO2/c1-10(12-5-3-4-6-13(12)17)19-9-11-7-14(18)16(20)15(8-11)21-2/h3-8,10,19-20H,9H2,1-2H3/t10-/m1/s1. The molecule has 0 aromatic heterocycles. The highest BCUT2D eigenvalue weighted by molar-refractivity contribution is 9.10. The Bertz CT molecular complexity index is 632. The normalized spacial score (nSPS) is 12.2. The Morgan fingerprint density at radius 2 is 1.90 bits per heavy atom. The number of rotatable bonds is 5. The van der Waals surface area contributed by atoms with Crippen molar-refractivity contribution in [1.29, 1.82) is 0 Å². The zero-order chi connectivity index (χ0) is 15.4. The number of nitrogens with one attached hydrogen (secondary N) is 1. The molecule has 5 heteroatoms. The quantitative estimate of drug-likeness (QED) is 0.739. The smallest absolute Gasteiger partial charge is 0.172 e. The number of methoxy groups -OCH3 is 1. The highest BCUT2D eigenvalue weighted by Gasteiger charge is 2.11. The Morgan fingerprint density at radius 1 is 1.19 bits per heavy atom. The van der Waals surface area contributed by atoms with Crippen LogP contribution >= 0.6 is 31.9 Å². The van der Waals surface area contributed by atoms with Crippen molar-refractivity contribution < 1.29 is 9.84 Å². The third-order valence-electron chi connectivity index (χ3n) is 3.29. The molecule has 2 rings (SSSR count). The van der Waals surface area contributed by atoms with Crippen molar-refractivity contribution >= 4 is 31.9 Å². The lowest BCUT2D eigenvalue weighted by molar-refractivity contribution is 0.371. The third-order valence-corrected chi connectivity index (χ3v) is 4.62. The Morgan fingerprint density at radius 3 is 2.57 bits per heavy atom. The van der Waals surface area contributed by atoms with Gasteiger partial charge < -0.3 is 15.2 Å². The van der Waals surface area contributed by atoms with Crippen LogP contribution in [-0.2, 0) is 6.54 Å². The Kier molecular flexibility index (Phi) is 5.67. The molecule has 2 aromatic rings. The van der Waals surface area contributed by atoms with Gasteiger partial charge in [0.2, 0.25) is 0 Å². The van der Waals surface area contributed by atoms with Gasteiger partial charge in [0, 0.05) is 17.1 Å². The molecule has 0 heterocycles. The molecule has 1 atom stereocenters. The van der Waals surface area contributed by atoms with Crippen molar-refractivity contribution in [3.05, 3.63) is 56.5 Å². The van der Waals surface area contributed by atoms with Crippen molar-refractivity contribution in [3.8, 4) is 11.5 Å². The monoisotopic (exact) mass is 413 g/mol. The summed E-state index contributed by atoms with van der Waals surface area (Å²) in [6, 6.07) is 12.1. The molecule has 0 saturated heterocycles. The fourth-order valence-electron chi connectivity index (χ4n) is 2.09. The van der Waals surface area contributed by atoms with Crippen LogP contribution in [0.4, 0.5) is 0 Å². The van der Waals surface area contributed by atoms with Crippen LogP contribution in [0.15, 0.2) is 45.3 Å². The van der Waals surface area contributed by atoms with Gasteiger partial charge in [0.25, 0.3) is 0 Å². The van der Waals surface area contributed by atoms with E-state index in [2.05, 4.69) is 50.2 Å². The number of aromatic hydroxyl groups is 1. The van der Waals surface area contributed by atoms with Crippen LogP contribution < -0.4 is 10.1 Å². The second-order valence-corrected chi connectivity index (χ2v) is 6.46. The number of ether oxygens (including phenoxy) is 1. The Hall–Kier alpha value is -1.04. The molecule has 0 aliphatic heterocycles. The topological polar surface area (TPSA) is 41.5 Å². The van der Waals surface area contributed by atoms with Crippen LogP contribution in [0.2, 0.25) is 0 Å². The summed E-state index contributed by atoms with van der Waals surface area (Å²) in [6.07, 6.45) is 0. The maximum absolute atomic E-state index is 9.82. The molecule has 0 spiro atoms. The first-order chi connectivity index (χ1) is 10.0. The predicted octanol–water partition coefficient (Wildman–Crippen LogP) is 4.78. The summed E-state index contributed by atoms with van der Waals surface area (Å²) < 4.78 is 6.89. The van der Waals surface area contributed by atoms with E-state index in [4.69, 9.17) is 4.74 Å². The van der Waals surface area contributed by atoms with Crippen LogP contribution in [0, 0.1) is 0 Å². The number of hydrogen-bond acceptors (Lipinski definition) is 3. The molecule has 21 heavy (non-hydrogen) atoms. The summed E-state index contributed by atoms with van der Waals surface area (Å²) >= 11 is 6.90. The van der Waals surface area contributed by atoms with Crippen molar-refractivity contribution in [3.63, 3.8) is 0 Å². The lowest BCUT2D eigenvalue weighted by Crippen LogP contribution is -2.18. The zero-order valence-electron chi connectivity index (χ0n) is 11.9. The predicted molar refractivity (Wildman–Crippen MR) is 91.8 cm³/mol. The molecule has 0 saturated carbocycles. The van der Waals surface area contributed by atoms with Gasteiger partial charge in [-0.25, -0.2) is 0 Å². The van der Waals surface area contributed by atoms with E-state index in [1.165, 1.54) is 5.56 Å². The van der Waals surface area contributed by atoms with Crippen LogP contribution in [0.25, 0.3) is 0 Å². The summed E-state index contributed by atoms with van der Waals surface area (Å²) in [5, 5.41) is 13.3. The van der Waals surface area contributed by atoms with Crippen molar-refractivity contribution in [1.82, 2.24) is 5.32 Å². The van der Waals surface area contributed by atoms with Gasteiger partial charge in [-0.05, 0) is 52.2 Å². The van der Waals surface area contributed by atoms with E-state index < -0.39 is 0 Å². The Balaban J connectivity index is 2.10. The highest BCUT2D eigenvalue weighted by Crippen LogP contribution is 2.35. The summed E-state index contributed by atoms with van der Waals surface area (Å²) in [7, 11) is 1.54. The fourth-order valence-corrected chi connectivity index (χ4v) is 3.21. The second-order valence-electron chi connectivity index (χ2n) is 4.75. The number of halogens is 2. The molecular formula is C16H17Br2NO2. The summed E-state index contributed by atoms with van der Waals surface area (Å²) in [6.45, 7) is 2.80. The first-order valence-electron chi connectivity index (χ1n) is 6.56. The second kappa shape index (κ2) is 7.29. The molecular weight excluding hydrogens is 398 g/mol. The van der Waals surface area contributed by atoms with Gasteiger partial charge in [-0.1, -0.05) is 34.1 Å². The number of hydrogen-bond donors (Lipinski definition) is 2. The Labute approximate surface area is 141 Å². The van der Waals surface area contributed by atoms with E-state index in [0.717, 1.165) is 10.0 Å². The SMILES string of the molecule is COc1cc(CN[C@H](C)c2ccccc2Br)cc(Br)c1O. The molecule has 112 valence electrons. The van der Waals surface area contributed by atoms with Crippen LogP contribution in [0.3, 0.4) is 0 Å². The molecule has 3 nitrogen and oxygen atoms in total. The highest BCUT2D eigenvalue weighted by atomic mass is 79.9. The minimum atomic E-state index is 0.125. The first kappa shape index (κ1) is 16.3. The fraction of sp³-hybridized carbons (Fsp3) is 0.250. The summed E-state index contributed by atoms with van der Waals surface area (Å²) in [5.74, 6) is 0.592. The van der Waals surface area contributed by atoms with Gasteiger partial charge in [-0.2, -0.15) is 0 Å². The molecule has 0 fully saturated rings. The number of phenols is 1. The lowest BCUT2D eigenvalue weighted by atomic mass is 10.1. The molecule has 2 N–H and O–H groups in total. The molecule has 0 aliphatic carbocycles.